The molecular weight excluding hydrogens is 571 g/mol. The predicted octanol–water partition coefficient (Wildman–Crippen LogP) is 4.31. The lowest BCUT2D eigenvalue weighted by Crippen LogP contribution is -2.48. The molecule has 2 atom stereocenters. The maximum Gasteiger partial charge on any atom is 0.264 e. The third-order valence-corrected chi connectivity index (χ3v) is 7.62. The molecule has 0 radical (unpaired) electrons. The summed E-state index contributed by atoms with van der Waals surface area (Å²) in [5, 5.41) is 3.96. The lowest BCUT2D eigenvalue weighted by molar-refractivity contribution is 0.234. The summed E-state index contributed by atoms with van der Waals surface area (Å²) in [5.74, 6) is -0.319. The molecule has 3 aromatic heterocycles. The van der Waals surface area contributed by atoms with Gasteiger partial charge in [-0.2, -0.15) is 4.98 Å². The van der Waals surface area contributed by atoms with Crippen LogP contribution in [0.15, 0.2) is 52.5 Å². The molecule has 4 heterocycles. The predicted molar refractivity (Wildman–Crippen MR) is 151 cm³/mol. The number of nitrogens with two attached hydrogens (primary N) is 1. The van der Waals surface area contributed by atoms with E-state index < -0.39 is 23.0 Å². The molecule has 0 unspecified atom stereocenters. The SMILES string of the molecule is Cc1noc(COc2cnc(/C(F)=C/c3ccc(F)c([C@@]4(CN(C)c5ncc(F)cn5)N=C(N)SC[C@@H]4C)c3)cn2)n1. The van der Waals surface area contributed by atoms with Crippen LogP contribution in [0.25, 0.3) is 11.9 Å². The van der Waals surface area contributed by atoms with E-state index >= 15 is 8.78 Å². The molecule has 0 aliphatic carbocycles. The van der Waals surface area contributed by atoms with Crippen molar-refractivity contribution in [2.24, 2.45) is 16.6 Å². The number of aliphatic imine (C=N–C) groups is 1. The molecule has 0 amide bonds. The molecule has 0 spiro atoms. The molecule has 1 aromatic carbocycles. The van der Waals surface area contributed by atoms with Gasteiger partial charge in [-0.1, -0.05) is 29.9 Å². The molecule has 0 bridgehead atoms. The second-order valence-corrected chi connectivity index (χ2v) is 10.7. The second kappa shape index (κ2) is 12.1. The van der Waals surface area contributed by atoms with Crippen molar-refractivity contribution in [3.8, 4) is 5.88 Å². The van der Waals surface area contributed by atoms with Gasteiger partial charge in [0, 0.05) is 18.4 Å². The quantitative estimate of drug-likeness (QED) is 0.295. The Hall–Kier alpha value is -4.53. The van der Waals surface area contributed by atoms with E-state index in [1.54, 1.807) is 18.9 Å². The van der Waals surface area contributed by atoms with Crippen molar-refractivity contribution in [1.29, 1.82) is 0 Å². The number of anilines is 1. The van der Waals surface area contributed by atoms with Gasteiger partial charge in [0.05, 0.1) is 31.3 Å². The first-order valence-electron chi connectivity index (χ1n) is 12.7. The zero-order chi connectivity index (χ0) is 29.9. The summed E-state index contributed by atoms with van der Waals surface area (Å²) in [5.41, 5.74) is 5.52. The molecule has 1 aliphatic rings. The summed E-state index contributed by atoms with van der Waals surface area (Å²) in [6, 6.07) is 4.24. The third kappa shape index (κ3) is 6.35. The summed E-state index contributed by atoms with van der Waals surface area (Å²) in [6.45, 7) is 3.73. The highest BCUT2D eigenvalue weighted by atomic mass is 32.2. The first kappa shape index (κ1) is 29.0. The Morgan fingerprint density at radius 2 is 1.98 bits per heavy atom. The van der Waals surface area contributed by atoms with E-state index in [-0.39, 0.29) is 48.0 Å². The zero-order valence-corrected chi connectivity index (χ0v) is 23.6. The molecule has 0 saturated heterocycles. The highest BCUT2D eigenvalue weighted by Gasteiger charge is 2.44. The average Bonchev–Trinajstić information content (AvgIpc) is 3.40. The molecule has 218 valence electrons. The number of thioether (sulfide) groups is 1. The van der Waals surface area contributed by atoms with Crippen LogP contribution in [-0.2, 0) is 12.1 Å². The number of likely N-dealkylation sites (N-methyl/N-ethyl adjacent to an activating group) is 1. The van der Waals surface area contributed by atoms with Gasteiger partial charge < -0.3 is 19.9 Å². The summed E-state index contributed by atoms with van der Waals surface area (Å²) in [6.07, 6.45) is 5.81. The van der Waals surface area contributed by atoms with Crippen LogP contribution in [0.2, 0.25) is 0 Å². The van der Waals surface area contributed by atoms with Gasteiger partial charge in [0.25, 0.3) is 5.89 Å². The van der Waals surface area contributed by atoms with Crippen LogP contribution in [0.3, 0.4) is 0 Å². The van der Waals surface area contributed by atoms with E-state index in [9.17, 15) is 4.39 Å². The topological polar surface area (TPSA) is 141 Å². The molecule has 0 saturated carbocycles. The number of ether oxygens (including phenoxy) is 1. The largest absolute Gasteiger partial charge is 0.466 e. The van der Waals surface area contributed by atoms with Crippen LogP contribution in [0, 0.1) is 24.5 Å². The number of rotatable bonds is 9. The highest BCUT2D eigenvalue weighted by molar-refractivity contribution is 8.13. The number of amidine groups is 1. The highest BCUT2D eigenvalue weighted by Crippen LogP contribution is 2.42. The van der Waals surface area contributed by atoms with Crippen molar-refractivity contribution in [3.63, 3.8) is 0 Å². The zero-order valence-electron chi connectivity index (χ0n) is 22.8. The van der Waals surface area contributed by atoms with Crippen LogP contribution < -0.4 is 15.4 Å². The number of halogens is 3. The van der Waals surface area contributed by atoms with Gasteiger partial charge in [0.15, 0.2) is 29.2 Å². The number of hydrogen-bond donors (Lipinski definition) is 1. The van der Waals surface area contributed by atoms with E-state index in [1.807, 2.05) is 6.92 Å². The molecule has 15 heteroatoms. The van der Waals surface area contributed by atoms with E-state index in [4.69, 9.17) is 20.0 Å². The van der Waals surface area contributed by atoms with Crippen molar-refractivity contribution >= 4 is 34.8 Å². The number of nitrogens with zero attached hydrogens (tertiary/aromatic N) is 8. The minimum Gasteiger partial charge on any atom is -0.466 e. The fourth-order valence-electron chi connectivity index (χ4n) is 4.46. The molecule has 5 rings (SSSR count). The first-order chi connectivity index (χ1) is 20.1. The minimum atomic E-state index is -1.16. The van der Waals surface area contributed by atoms with Crippen molar-refractivity contribution in [1.82, 2.24) is 30.1 Å². The van der Waals surface area contributed by atoms with Gasteiger partial charge in [0.2, 0.25) is 11.8 Å². The van der Waals surface area contributed by atoms with Gasteiger partial charge >= 0.3 is 0 Å². The van der Waals surface area contributed by atoms with E-state index in [0.717, 1.165) is 12.4 Å². The molecular formula is C27H26F3N9O2S. The molecule has 0 fully saturated rings. The Morgan fingerprint density at radius 1 is 1.19 bits per heavy atom. The summed E-state index contributed by atoms with van der Waals surface area (Å²) >= 11 is 1.37. The van der Waals surface area contributed by atoms with Crippen LogP contribution >= 0.6 is 11.8 Å². The van der Waals surface area contributed by atoms with Crippen LogP contribution in [0.1, 0.15) is 35.5 Å². The van der Waals surface area contributed by atoms with Crippen LogP contribution in [-0.4, -0.2) is 54.6 Å². The fraction of sp³-hybridized carbons (Fsp3) is 0.296. The molecule has 4 aromatic rings. The number of aryl methyl sites for hydroxylation is 1. The van der Waals surface area contributed by atoms with Crippen molar-refractivity contribution in [2.75, 3.05) is 24.2 Å². The van der Waals surface area contributed by atoms with Crippen molar-refractivity contribution in [3.05, 3.63) is 83.2 Å². The normalized spacial score (nSPS) is 19.0. The minimum absolute atomic E-state index is 0.0142. The van der Waals surface area contributed by atoms with E-state index in [2.05, 4.69) is 30.1 Å². The number of aromatic nitrogens is 6. The van der Waals surface area contributed by atoms with Gasteiger partial charge in [-0.15, -0.1) is 0 Å². The fourth-order valence-corrected chi connectivity index (χ4v) is 5.38. The lowest BCUT2D eigenvalue weighted by Gasteiger charge is -2.41. The summed E-state index contributed by atoms with van der Waals surface area (Å²) in [7, 11) is 1.70. The maximum atomic E-state index is 15.5. The molecule has 2 N–H and O–H groups in total. The average molecular weight is 598 g/mol. The smallest absolute Gasteiger partial charge is 0.264 e. The second-order valence-electron chi connectivity index (χ2n) is 9.64. The Balaban J connectivity index is 1.42. The Kier molecular flexibility index (Phi) is 8.38. The molecule has 1 aliphatic heterocycles. The Labute approximate surface area is 243 Å². The van der Waals surface area contributed by atoms with Gasteiger partial charge in [-0.3, -0.25) is 0 Å². The molecule has 42 heavy (non-hydrogen) atoms. The Morgan fingerprint density at radius 3 is 2.67 bits per heavy atom. The van der Waals surface area contributed by atoms with Crippen LogP contribution in [0.5, 0.6) is 5.88 Å². The van der Waals surface area contributed by atoms with Gasteiger partial charge in [-0.25, -0.2) is 38.1 Å². The maximum absolute atomic E-state index is 15.5. The van der Waals surface area contributed by atoms with E-state index in [1.165, 1.54) is 48.4 Å². The standard InChI is InChI=1S/C27H26F3N9O2S/c1-15-13-42-25(31)37-27(15,14-39(3)26-34-8-18(28)9-35-26)19-6-17(4-5-20(19)29)7-21(30)22-10-33-23(11-32-22)40-12-24-36-16(2)38-41-24/h4-11,15H,12-14H2,1-3H3,(H2,31,37)/b21-7-/t15-,27-/m0/s1. The lowest BCUT2D eigenvalue weighted by atomic mass is 9.78. The first-order valence-corrected chi connectivity index (χ1v) is 13.7. The number of hydrogen-bond acceptors (Lipinski definition) is 12. The Bertz CT molecular complexity index is 1620. The van der Waals surface area contributed by atoms with Gasteiger partial charge in [-0.05, 0) is 36.6 Å². The summed E-state index contributed by atoms with van der Waals surface area (Å²) in [4.78, 5) is 26.6. The van der Waals surface area contributed by atoms with Crippen molar-refractivity contribution < 1.29 is 22.4 Å². The van der Waals surface area contributed by atoms with Crippen molar-refractivity contribution in [2.45, 2.75) is 26.0 Å². The van der Waals surface area contributed by atoms with Gasteiger partial charge in [0.1, 0.15) is 17.1 Å². The molecule has 11 nitrogen and oxygen atoms in total. The monoisotopic (exact) mass is 597 g/mol. The third-order valence-electron chi connectivity index (χ3n) is 6.57. The van der Waals surface area contributed by atoms with Crippen LogP contribution in [0.4, 0.5) is 19.1 Å². The van der Waals surface area contributed by atoms with E-state index in [0.29, 0.717) is 22.3 Å². The number of benzene rings is 1. The summed E-state index contributed by atoms with van der Waals surface area (Å²) < 4.78 is 54.6.